The van der Waals surface area contributed by atoms with Crippen molar-refractivity contribution in [2.24, 2.45) is 0 Å². The molecule has 0 fully saturated rings. The monoisotopic (exact) mass is 278 g/mol. The standard InChI is InChI=1S/C9H16N2O6.C2H6/c1-10-3-2-6(9(16)17)11(4-7(12)13)5-8(14)15;1-2/h6,10H,2-5H2,1H3,(H,12,13)(H,14,15)(H,16,17);1-2H3. The maximum Gasteiger partial charge on any atom is 0.320 e. The molecule has 0 aromatic rings. The van der Waals surface area contributed by atoms with Crippen molar-refractivity contribution in [2.45, 2.75) is 26.3 Å². The van der Waals surface area contributed by atoms with Crippen molar-refractivity contribution >= 4 is 17.9 Å². The number of hydrogen-bond acceptors (Lipinski definition) is 5. The van der Waals surface area contributed by atoms with E-state index in [1.807, 2.05) is 13.8 Å². The zero-order chi connectivity index (χ0) is 15.4. The first-order valence-corrected chi connectivity index (χ1v) is 5.93. The Labute approximate surface area is 112 Å². The van der Waals surface area contributed by atoms with Gasteiger partial charge in [0, 0.05) is 0 Å². The van der Waals surface area contributed by atoms with Crippen LogP contribution in [0, 0.1) is 0 Å². The molecule has 1 unspecified atom stereocenters. The van der Waals surface area contributed by atoms with Crippen LogP contribution >= 0.6 is 0 Å². The molecule has 0 saturated heterocycles. The fourth-order valence-electron chi connectivity index (χ4n) is 1.37. The van der Waals surface area contributed by atoms with Gasteiger partial charge in [-0.3, -0.25) is 19.3 Å². The number of nitrogens with zero attached hydrogens (tertiary/aromatic N) is 1. The van der Waals surface area contributed by atoms with Gasteiger partial charge in [0.15, 0.2) is 0 Å². The fourth-order valence-corrected chi connectivity index (χ4v) is 1.37. The van der Waals surface area contributed by atoms with Gasteiger partial charge in [-0.1, -0.05) is 13.8 Å². The van der Waals surface area contributed by atoms with Crippen molar-refractivity contribution in [1.29, 1.82) is 0 Å². The predicted octanol–water partition coefficient (Wildman–Crippen LogP) is -0.453. The van der Waals surface area contributed by atoms with Gasteiger partial charge in [-0.05, 0) is 20.0 Å². The number of carbonyl (C=O) groups is 3. The molecule has 1 atom stereocenters. The quantitative estimate of drug-likeness (QED) is 0.446. The van der Waals surface area contributed by atoms with Crippen molar-refractivity contribution in [2.75, 3.05) is 26.7 Å². The van der Waals surface area contributed by atoms with E-state index in [0.717, 1.165) is 4.90 Å². The van der Waals surface area contributed by atoms with E-state index in [1.54, 1.807) is 7.05 Å². The van der Waals surface area contributed by atoms with E-state index in [0.29, 0.717) is 6.54 Å². The molecule has 0 bridgehead atoms. The molecule has 0 aliphatic heterocycles. The molecular weight excluding hydrogens is 256 g/mol. The fraction of sp³-hybridized carbons (Fsp3) is 0.727. The van der Waals surface area contributed by atoms with E-state index in [9.17, 15) is 14.4 Å². The van der Waals surface area contributed by atoms with Crippen molar-refractivity contribution in [3.05, 3.63) is 0 Å². The molecule has 0 aliphatic carbocycles. The van der Waals surface area contributed by atoms with Gasteiger partial charge < -0.3 is 20.6 Å². The molecular formula is C11H22N2O6. The van der Waals surface area contributed by atoms with E-state index in [4.69, 9.17) is 15.3 Å². The second kappa shape index (κ2) is 11.4. The number of nitrogens with one attached hydrogen (secondary N) is 1. The maximum absolute atomic E-state index is 11.0. The second-order valence-electron chi connectivity index (χ2n) is 3.44. The molecule has 8 nitrogen and oxygen atoms in total. The van der Waals surface area contributed by atoms with Crippen LogP contribution in [-0.2, 0) is 14.4 Å². The van der Waals surface area contributed by atoms with Gasteiger partial charge in [0.1, 0.15) is 6.04 Å². The van der Waals surface area contributed by atoms with Gasteiger partial charge in [0.2, 0.25) is 0 Å². The molecule has 19 heavy (non-hydrogen) atoms. The van der Waals surface area contributed by atoms with Crippen LogP contribution in [0.5, 0.6) is 0 Å². The Bertz CT molecular complexity index is 279. The first-order valence-electron chi connectivity index (χ1n) is 5.93. The van der Waals surface area contributed by atoms with Crippen LogP contribution in [0.3, 0.4) is 0 Å². The van der Waals surface area contributed by atoms with E-state index in [2.05, 4.69) is 5.32 Å². The molecule has 112 valence electrons. The summed E-state index contributed by atoms with van der Waals surface area (Å²) in [7, 11) is 1.62. The maximum atomic E-state index is 11.0. The summed E-state index contributed by atoms with van der Waals surface area (Å²) in [6, 6.07) is -1.13. The summed E-state index contributed by atoms with van der Waals surface area (Å²) in [4.78, 5) is 33.0. The van der Waals surface area contributed by atoms with Crippen molar-refractivity contribution < 1.29 is 29.7 Å². The highest BCUT2D eigenvalue weighted by Crippen LogP contribution is 2.04. The summed E-state index contributed by atoms with van der Waals surface area (Å²) in [5, 5.41) is 28.9. The van der Waals surface area contributed by atoms with Crippen LogP contribution in [0.4, 0.5) is 0 Å². The normalized spacial score (nSPS) is 11.4. The lowest BCUT2D eigenvalue weighted by Crippen LogP contribution is -2.47. The lowest BCUT2D eigenvalue weighted by molar-refractivity contribution is -0.149. The summed E-state index contributed by atoms with van der Waals surface area (Å²) in [5.74, 6) is -3.76. The summed E-state index contributed by atoms with van der Waals surface area (Å²) in [6.45, 7) is 3.12. The molecule has 0 radical (unpaired) electrons. The molecule has 0 aliphatic rings. The largest absolute Gasteiger partial charge is 0.480 e. The van der Waals surface area contributed by atoms with Crippen molar-refractivity contribution in [3.63, 3.8) is 0 Å². The van der Waals surface area contributed by atoms with Crippen LogP contribution in [-0.4, -0.2) is 70.9 Å². The van der Waals surface area contributed by atoms with Gasteiger partial charge in [-0.15, -0.1) is 0 Å². The summed E-state index contributed by atoms with van der Waals surface area (Å²) >= 11 is 0. The third-order valence-corrected chi connectivity index (χ3v) is 2.07. The van der Waals surface area contributed by atoms with Crippen molar-refractivity contribution in [1.82, 2.24) is 10.2 Å². The lowest BCUT2D eigenvalue weighted by atomic mass is 10.1. The molecule has 0 aromatic heterocycles. The Morgan fingerprint density at radius 3 is 1.74 bits per heavy atom. The van der Waals surface area contributed by atoms with Crippen LogP contribution < -0.4 is 5.32 Å². The van der Waals surface area contributed by atoms with Crippen molar-refractivity contribution in [3.8, 4) is 0 Å². The van der Waals surface area contributed by atoms with Gasteiger partial charge in [-0.25, -0.2) is 0 Å². The average Bonchev–Trinajstić information content (AvgIpc) is 2.30. The summed E-state index contributed by atoms with van der Waals surface area (Å²) in [5.41, 5.74) is 0. The Morgan fingerprint density at radius 2 is 1.47 bits per heavy atom. The highest BCUT2D eigenvalue weighted by atomic mass is 16.4. The third-order valence-electron chi connectivity index (χ3n) is 2.07. The molecule has 8 heteroatoms. The topological polar surface area (TPSA) is 127 Å². The Kier molecular flexibility index (Phi) is 11.8. The molecule has 4 N–H and O–H groups in total. The van der Waals surface area contributed by atoms with Crippen LogP contribution in [0.1, 0.15) is 20.3 Å². The van der Waals surface area contributed by atoms with E-state index >= 15 is 0 Å². The van der Waals surface area contributed by atoms with Gasteiger partial charge in [-0.2, -0.15) is 0 Å². The Morgan fingerprint density at radius 1 is 1.05 bits per heavy atom. The number of carboxylic acid groups (broad SMARTS) is 3. The van der Waals surface area contributed by atoms with E-state index in [1.165, 1.54) is 0 Å². The second-order valence-corrected chi connectivity index (χ2v) is 3.44. The highest BCUT2D eigenvalue weighted by molar-refractivity contribution is 5.78. The van der Waals surface area contributed by atoms with Crippen LogP contribution in [0.2, 0.25) is 0 Å². The first-order chi connectivity index (χ1) is 8.88. The summed E-state index contributed by atoms with van der Waals surface area (Å²) < 4.78 is 0. The zero-order valence-corrected chi connectivity index (χ0v) is 11.4. The molecule has 0 heterocycles. The van der Waals surface area contributed by atoms with Gasteiger partial charge in [0.05, 0.1) is 13.1 Å². The minimum Gasteiger partial charge on any atom is -0.480 e. The van der Waals surface area contributed by atoms with E-state index < -0.39 is 37.0 Å². The number of carboxylic acids is 3. The highest BCUT2D eigenvalue weighted by Gasteiger charge is 2.28. The lowest BCUT2D eigenvalue weighted by Gasteiger charge is -2.25. The minimum absolute atomic E-state index is 0.131. The van der Waals surface area contributed by atoms with Gasteiger partial charge >= 0.3 is 17.9 Å². The third kappa shape index (κ3) is 9.98. The van der Waals surface area contributed by atoms with Crippen LogP contribution in [0.25, 0.3) is 0 Å². The predicted molar refractivity (Wildman–Crippen MR) is 68.2 cm³/mol. The molecule has 0 spiro atoms. The van der Waals surface area contributed by atoms with Crippen LogP contribution in [0.15, 0.2) is 0 Å². The number of rotatable bonds is 9. The molecule has 0 aromatic carbocycles. The zero-order valence-electron chi connectivity index (χ0n) is 11.4. The first kappa shape index (κ1) is 19.7. The molecule has 0 saturated carbocycles. The van der Waals surface area contributed by atoms with Gasteiger partial charge in [0.25, 0.3) is 0 Å². The molecule has 0 rings (SSSR count). The number of hydrogen-bond donors (Lipinski definition) is 4. The minimum atomic E-state index is -1.26. The average molecular weight is 278 g/mol. The molecule has 0 amide bonds. The van der Waals surface area contributed by atoms with E-state index in [-0.39, 0.29) is 6.42 Å². The Hall–Kier alpha value is -1.67. The number of aliphatic carboxylic acids is 3. The summed E-state index contributed by atoms with van der Waals surface area (Å²) in [6.07, 6.45) is 0.131. The smallest absolute Gasteiger partial charge is 0.320 e. The Balaban J connectivity index is 0. The SMILES string of the molecule is CC.CNCCC(C(=O)O)N(CC(=O)O)CC(=O)O.